The van der Waals surface area contributed by atoms with Crippen LogP contribution in [0.3, 0.4) is 0 Å². The largest absolute Gasteiger partial charge is 0.465 e. The average Bonchev–Trinajstić information content (AvgIpc) is 3.49. The monoisotopic (exact) mass is 578 g/mol. The van der Waals surface area contributed by atoms with E-state index < -0.39 is 47.1 Å². The number of ketones is 1. The van der Waals surface area contributed by atoms with Crippen LogP contribution in [-0.2, 0) is 23.9 Å². The van der Waals surface area contributed by atoms with Crippen molar-refractivity contribution in [1.82, 2.24) is 0 Å². The number of thiophene rings is 1. The maximum Gasteiger partial charge on any atom is 0.338 e. The Morgan fingerprint density at radius 1 is 1.00 bits per heavy atom. The minimum Gasteiger partial charge on any atom is -0.465 e. The van der Waals surface area contributed by atoms with Crippen molar-refractivity contribution in [2.75, 3.05) is 18.1 Å². The highest BCUT2D eigenvalue weighted by Crippen LogP contribution is 2.52. The molecule has 1 aromatic heterocycles. The number of carbonyl (C=O) groups excluding carboxylic acids is 3. The second kappa shape index (κ2) is 11.7. The normalized spacial score (nSPS) is 20.6. The third-order valence-corrected chi connectivity index (χ3v) is 8.29. The van der Waals surface area contributed by atoms with Crippen LogP contribution in [0.15, 0.2) is 88.7 Å². The van der Waals surface area contributed by atoms with Crippen LogP contribution in [0.5, 0.6) is 0 Å². The van der Waals surface area contributed by atoms with Gasteiger partial charge in [0.25, 0.3) is 0 Å². The smallest absolute Gasteiger partial charge is 0.338 e. The molecule has 0 radical (unpaired) electrons. The van der Waals surface area contributed by atoms with Crippen molar-refractivity contribution in [3.63, 3.8) is 0 Å². The molecule has 1 aliphatic heterocycles. The fourth-order valence-corrected chi connectivity index (χ4v) is 6.48. The molecule has 0 unspecified atom stereocenters. The first kappa shape index (κ1) is 28.2. The highest BCUT2D eigenvalue weighted by molar-refractivity contribution is 7.10. The summed E-state index contributed by atoms with van der Waals surface area (Å²) in [5.41, 5.74) is 7.42. The number of Topliss-reactive ketones (excluding diaryl/α,β-unsaturated/α-hetero) is 1. The van der Waals surface area contributed by atoms with Crippen LogP contribution >= 0.6 is 11.3 Å². The Morgan fingerprint density at radius 3 is 2.34 bits per heavy atom. The van der Waals surface area contributed by atoms with Gasteiger partial charge in [0.05, 0.1) is 24.7 Å². The van der Waals surface area contributed by atoms with Gasteiger partial charge in [-0.1, -0.05) is 24.3 Å². The zero-order chi connectivity index (χ0) is 29.3. The molecule has 0 saturated carbocycles. The number of ether oxygens (including phenoxy) is 2. The van der Waals surface area contributed by atoms with E-state index in [1.165, 1.54) is 58.7 Å². The molecule has 2 aromatic carbocycles. The van der Waals surface area contributed by atoms with Crippen LogP contribution < -0.4 is 10.6 Å². The van der Waals surface area contributed by atoms with Gasteiger partial charge in [0, 0.05) is 33.3 Å². The second-order valence-electron chi connectivity index (χ2n) is 9.57. The summed E-state index contributed by atoms with van der Waals surface area (Å²) in [4.78, 5) is 43.7. The number of carbonyl (C=O) groups is 3. The van der Waals surface area contributed by atoms with Crippen LogP contribution in [0.25, 0.3) is 0 Å². The van der Waals surface area contributed by atoms with Crippen molar-refractivity contribution >= 4 is 34.7 Å². The van der Waals surface area contributed by atoms with Gasteiger partial charge in [0.1, 0.15) is 23.4 Å². The van der Waals surface area contributed by atoms with Gasteiger partial charge in [-0.05, 0) is 62.0 Å². The number of allylic oxidation sites excluding steroid dienone is 2. The number of nitrogens with two attached hydrogens (primary N) is 1. The van der Waals surface area contributed by atoms with Gasteiger partial charge < -0.3 is 15.2 Å². The molecule has 2 heterocycles. The van der Waals surface area contributed by atoms with Crippen molar-refractivity contribution < 1.29 is 32.6 Å². The lowest BCUT2D eigenvalue weighted by Gasteiger charge is -2.43. The summed E-state index contributed by atoms with van der Waals surface area (Å²) in [6.45, 7) is 3.33. The molecular formula is C31H28F2N2O5S. The van der Waals surface area contributed by atoms with Crippen molar-refractivity contribution in [2.45, 2.75) is 32.1 Å². The Balaban J connectivity index is 1.83. The quantitative estimate of drug-likeness (QED) is 0.290. The minimum atomic E-state index is -1.25. The Bertz CT molecular complexity index is 1550. The first-order valence-corrected chi connectivity index (χ1v) is 14.1. The number of rotatable bonds is 7. The molecule has 0 fully saturated rings. The van der Waals surface area contributed by atoms with Crippen LogP contribution in [0.1, 0.15) is 42.5 Å². The molecule has 3 aromatic rings. The summed E-state index contributed by atoms with van der Waals surface area (Å²) in [6, 6.07) is 14.9. The molecule has 3 atom stereocenters. The molecule has 0 spiro atoms. The third-order valence-electron chi connectivity index (χ3n) is 7.28. The van der Waals surface area contributed by atoms with Gasteiger partial charge in [0.2, 0.25) is 0 Å². The topological polar surface area (TPSA) is 98.9 Å². The van der Waals surface area contributed by atoms with Gasteiger partial charge in [-0.3, -0.25) is 14.5 Å². The zero-order valence-electron chi connectivity index (χ0n) is 22.4. The number of esters is 2. The summed E-state index contributed by atoms with van der Waals surface area (Å²) in [5.74, 6) is -6.46. The molecule has 10 heteroatoms. The number of halogens is 2. The standard InChI is InChI=1S/C31H28F2N2O5S/c1-3-39-30(37)25-20(23-10-7-15-41-23)16-22-26(28(25)36)24(19-8-5-6-9-21(19)33)27(31(38)40-4-2)29(34)35(22)18-13-11-17(32)12-14-18/h5-15,20,24-25H,3-4,16,34H2,1-2H3/t20-,24+,25-/m1/s1. The van der Waals surface area contributed by atoms with E-state index >= 15 is 4.39 Å². The van der Waals surface area contributed by atoms with Gasteiger partial charge in [0.15, 0.2) is 5.78 Å². The Morgan fingerprint density at radius 2 is 1.71 bits per heavy atom. The van der Waals surface area contributed by atoms with E-state index in [2.05, 4.69) is 0 Å². The van der Waals surface area contributed by atoms with Crippen molar-refractivity contribution in [1.29, 1.82) is 0 Å². The molecule has 41 heavy (non-hydrogen) atoms. The second-order valence-corrected chi connectivity index (χ2v) is 10.5. The van der Waals surface area contributed by atoms with E-state index in [9.17, 15) is 18.8 Å². The summed E-state index contributed by atoms with van der Waals surface area (Å²) in [5, 5.41) is 1.85. The van der Waals surface area contributed by atoms with E-state index in [4.69, 9.17) is 15.2 Å². The van der Waals surface area contributed by atoms with Crippen LogP contribution in [-0.4, -0.2) is 30.9 Å². The summed E-state index contributed by atoms with van der Waals surface area (Å²) < 4.78 is 40.1. The summed E-state index contributed by atoms with van der Waals surface area (Å²) >= 11 is 1.39. The van der Waals surface area contributed by atoms with Gasteiger partial charge in [-0.15, -0.1) is 11.3 Å². The lowest BCUT2D eigenvalue weighted by atomic mass is 9.68. The van der Waals surface area contributed by atoms with E-state index in [1.807, 2.05) is 17.5 Å². The Kier molecular flexibility index (Phi) is 8.03. The molecule has 5 rings (SSSR count). The Labute approximate surface area is 239 Å². The molecule has 0 saturated heterocycles. The maximum atomic E-state index is 15.5. The van der Waals surface area contributed by atoms with E-state index in [-0.39, 0.29) is 42.2 Å². The van der Waals surface area contributed by atoms with E-state index in [1.54, 1.807) is 19.9 Å². The SMILES string of the molecule is CCOC(=O)C1=C(N)N(c2ccc(F)cc2)C2=C(C(=O)[C@H](C(=O)OCC)[C@@H](c3cccs3)C2)[C@@H]1c1ccccc1F. The summed E-state index contributed by atoms with van der Waals surface area (Å²) in [7, 11) is 0. The predicted octanol–water partition coefficient (Wildman–Crippen LogP) is 5.55. The van der Waals surface area contributed by atoms with Gasteiger partial charge in [-0.2, -0.15) is 0 Å². The van der Waals surface area contributed by atoms with Gasteiger partial charge in [-0.25, -0.2) is 13.6 Å². The lowest BCUT2D eigenvalue weighted by Crippen LogP contribution is -2.46. The minimum absolute atomic E-state index is 0.00189. The first-order chi connectivity index (χ1) is 19.8. The summed E-state index contributed by atoms with van der Waals surface area (Å²) in [6.07, 6.45) is 0.143. The third kappa shape index (κ3) is 5.04. The molecule has 2 N–H and O–H groups in total. The predicted molar refractivity (Wildman–Crippen MR) is 150 cm³/mol. The maximum absolute atomic E-state index is 15.5. The first-order valence-electron chi connectivity index (χ1n) is 13.2. The van der Waals surface area contributed by atoms with Crippen LogP contribution in [0.2, 0.25) is 0 Å². The number of hydrogen-bond donors (Lipinski definition) is 1. The van der Waals surface area contributed by atoms with Gasteiger partial charge >= 0.3 is 11.9 Å². The molecular weight excluding hydrogens is 550 g/mol. The number of hydrogen-bond acceptors (Lipinski definition) is 8. The molecule has 2 aliphatic rings. The number of nitrogens with zero attached hydrogens (tertiary/aromatic N) is 1. The average molecular weight is 579 g/mol. The van der Waals surface area contributed by atoms with Crippen molar-refractivity contribution in [3.05, 3.63) is 111 Å². The van der Waals surface area contributed by atoms with Crippen molar-refractivity contribution in [2.24, 2.45) is 11.7 Å². The zero-order valence-corrected chi connectivity index (χ0v) is 23.3. The lowest BCUT2D eigenvalue weighted by molar-refractivity contribution is -0.152. The van der Waals surface area contributed by atoms with Crippen LogP contribution in [0.4, 0.5) is 14.5 Å². The molecule has 0 amide bonds. The number of benzene rings is 2. The van der Waals surface area contributed by atoms with Crippen LogP contribution in [0, 0.1) is 17.6 Å². The fraction of sp³-hybridized carbons (Fsp3) is 0.258. The fourth-order valence-electron chi connectivity index (χ4n) is 5.61. The number of anilines is 1. The molecule has 0 bridgehead atoms. The Hall–Kier alpha value is -4.31. The molecule has 212 valence electrons. The van der Waals surface area contributed by atoms with Crippen molar-refractivity contribution in [3.8, 4) is 0 Å². The van der Waals surface area contributed by atoms with E-state index in [0.29, 0.717) is 11.4 Å². The molecule has 1 aliphatic carbocycles. The van der Waals surface area contributed by atoms with E-state index in [0.717, 1.165) is 4.88 Å². The highest BCUT2D eigenvalue weighted by Gasteiger charge is 2.52. The molecule has 7 nitrogen and oxygen atoms in total. The highest BCUT2D eigenvalue weighted by atomic mass is 32.1.